The number of nitrogens with one attached hydrogen (secondary N) is 1. The van der Waals surface area contributed by atoms with Crippen LogP contribution in [0.15, 0.2) is 21.1 Å². The minimum atomic E-state index is -1.23. The van der Waals surface area contributed by atoms with Crippen molar-refractivity contribution in [3.63, 3.8) is 0 Å². The number of thiazole rings is 1. The Hall–Kier alpha value is -2.64. The Morgan fingerprint density at radius 1 is 1.56 bits per heavy atom. The van der Waals surface area contributed by atoms with E-state index in [2.05, 4.69) is 20.3 Å². The van der Waals surface area contributed by atoms with Crippen molar-refractivity contribution in [3.05, 3.63) is 21.7 Å². The number of anilines is 1. The molecule has 0 radical (unpaired) electrons. The summed E-state index contributed by atoms with van der Waals surface area (Å²) in [5.41, 5.74) is 11.1. The van der Waals surface area contributed by atoms with Crippen molar-refractivity contribution < 1.29 is 24.3 Å². The molecule has 0 aromatic carbocycles. The number of oxime groups is 1. The van der Waals surface area contributed by atoms with Gasteiger partial charge in [0.05, 0.1) is 6.04 Å². The second kappa shape index (κ2) is 7.54. The smallest absolute Gasteiger partial charge is 0.353 e. The van der Waals surface area contributed by atoms with E-state index in [1.165, 1.54) is 29.2 Å². The highest BCUT2D eigenvalue weighted by Gasteiger charge is 2.54. The molecule has 0 saturated carbocycles. The van der Waals surface area contributed by atoms with Crippen LogP contribution >= 0.6 is 23.1 Å². The Morgan fingerprint density at radius 3 is 2.85 bits per heavy atom. The van der Waals surface area contributed by atoms with E-state index in [1.54, 1.807) is 0 Å². The highest BCUT2D eigenvalue weighted by Crippen LogP contribution is 2.38. The number of carbonyl (C=O) groups excluding carboxylic acids is 2. The quantitative estimate of drug-likeness (QED) is 0.253. The zero-order valence-corrected chi connectivity index (χ0v) is 15.7. The number of carbonyl (C=O) groups is 3. The van der Waals surface area contributed by atoms with E-state index in [-0.39, 0.29) is 28.8 Å². The Kier molecular flexibility index (Phi) is 5.34. The van der Waals surface area contributed by atoms with Gasteiger partial charge < -0.3 is 26.7 Å². The standard InChI is InChI=1S/C14H16N6O5S2/c1-25-19-8(5-3-27-14(16)17-5)11(21)18-9-6-4-26-7(2-15)10(13(23)24)20(6)12(9)22/h3,6,9H,2,4,15H2,1H3,(H2,16,17)(H,18,21)(H,23,24). The largest absolute Gasteiger partial charge is 0.477 e. The third-order valence-corrected chi connectivity index (χ3v) is 5.88. The van der Waals surface area contributed by atoms with Gasteiger partial charge in [-0.3, -0.25) is 14.5 Å². The lowest BCUT2D eigenvalue weighted by atomic mass is 9.94. The summed E-state index contributed by atoms with van der Waals surface area (Å²) in [4.78, 5) is 46.8. The molecule has 3 heterocycles. The zero-order chi connectivity index (χ0) is 19.7. The minimum Gasteiger partial charge on any atom is -0.477 e. The second-order valence-corrected chi connectivity index (χ2v) is 7.52. The van der Waals surface area contributed by atoms with Crippen molar-refractivity contribution in [3.8, 4) is 0 Å². The Balaban J connectivity index is 1.79. The van der Waals surface area contributed by atoms with Crippen molar-refractivity contribution in [2.75, 3.05) is 25.1 Å². The number of aromatic nitrogens is 1. The molecule has 2 aliphatic rings. The van der Waals surface area contributed by atoms with Gasteiger partial charge in [0.2, 0.25) is 0 Å². The molecule has 1 aromatic rings. The fraction of sp³-hybridized carbons (Fsp3) is 0.357. The molecule has 2 aliphatic heterocycles. The topological polar surface area (TPSA) is 173 Å². The first kappa shape index (κ1) is 19.1. The van der Waals surface area contributed by atoms with Crippen LogP contribution in [0.4, 0.5) is 5.13 Å². The Labute approximate surface area is 161 Å². The van der Waals surface area contributed by atoms with Crippen molar-refractivity contribution in [1.82, 2.24) is 15.2 Å². The number of carboxylic acids is 1. The van der Waals surface area contributed by atoms with E-state index in [0.717, 1.165) is 11.3 Å². The molecule has 1 saturated heterocycles. The van der Waals surface area contributed by atoms with Gasteiger partial charge in [-0.25, -0.2) is 9.78 Å². The predicted octanol–water partition coefficient (Wildman–Crippen LogP) is -1.23. The average Bonchev–Trinajstić information content (AvgIpc) is 3.08. The molecule has 2 atom stereocenters. The fourth-order valence-electron chi connectivity index (χ4n) is 2.82. The number of rotatable bonds is 6. The van der Waals surface area contributed by atoms with Crippen molar-refractivity contribution >= 4 is 51.7 Å². The summed E-state index contributed by atoms with van der Waals surface area (Å²) < 4.78 is 0. The molecule has 13 heteroatoms. The van der Waals surface area contributed by atoms with Crippen LogP contribution in [0.1, 0.15) is 5.69 Å². The second-order valence-electron chi connectivity index (χ2n) is 5.51. The minimum absolute atomic E-state index is 0.0235. The van der Waals surface area contributed by atoms with Crippen LogP contribution in [0.3, 0.4) is 0 Å². The van der Waals surface area contributed by atoms with E-state index in [0.29, 0.717) is 10.7 Å². The van der Waals surface area contributed by atoms with Crippen molar-refractivity contribution in [1.29, 1.82) is 0 Å². The maximum atomic E-state index is 12.6. The van der Waals surface area contributed by atoms with Gasteiger partial charge in [0.15, 0.2) is 10.8 Å². The lowest BCUT2D eigenvalue weighted by molar-refractivity contribution is -0.153. The third kappa shape index (κ3) is 3.36. The van der Waals surface area contributed by atoms with E-state index < -0.39 is 29.9 Å². The fourth-order valence-corrected chi connectivity index (χ4v) is 4.52. The van der Waals surface area contributed by atoms with E-state index in [1.807, 2.05) is 0 Å². The van der Waals surface area contributed by atoms with Crippen LogP contribution < -0.4 is 16.8 Å². The number of carboxylic acid groups (broad SMARTS) is 1. The number of nitrogens with two attached hydrogens (primary N) is 2. The van der Waals surface area contributed by atoms with E-state index >= 15 is 0 Å². The van der Waals surface area contributed by atoms with Gasteiger partial charge in [-0.05, 0) is 0 Å². The number of hydrogen-bond donors (Lipinski definition) is 4. The molecule has 27 heavy (non-hydrogen) atoms. The van der Waals surface area contributed by atoms with Gasteiger partial charge in [-0.15, -0.1) is 23.1 Å². The van der Waals surface area contributed by atoms with Crippen LogP contribution in [0.2, 0.25) is 0 Å². The molecule has 3 rings (SSSR count). The predicted molar refractivity (Wildman–Crippen MR) is 98.8 cm³/mol. The van der Waals surface area contributed by atoms with Crippen LogP contribution in [0, 0.1) is 0 Å². The molecule has 1 fully saturated rings. The summed E-state index contributed by atoms with van der Waals surface area (Å²) in [5.74, 6) is -2.01. The van der Waals surface area contributed by atoms with Gasteiger partial charge in [-0.2, -0.15) is 0 Å². The molecule has 11 nitrogen and oxygen atoms in total. The third-order valence-electron chi connectivity index (χ3n) is 3.99. The normalized spacial score (nSPS) is 22.2. The molecule has 2 amide bonds. The van der Waals surface area contributed by atoms with E-state index in [9.17, 15) is 19.5 Å². The number of fused-ring (bicyclic) bond motifs is 1. The zero-order valence-electron chi connectivity index (χ0n) is 14.0. The Bertz CT molecular complexity index is 866. The molecule has 2 unspecified atom stereocenters. The number of β-lactam (4-membered cyclic amide) rings is 1. The van der Waals surface area contributed by atoms with Crippen LogP contribution in [-0.2, 0) is 19.2 Å². The number of amides is 2. The molecule has 0 aliphatic carbocycles. The first-order chi connectivity index (χ1) is 12.9. The Morgan fingerprint density at radius 2 is 2.30 bits per heavy atom. The highest BCUT2D eigenvalue weighted by atomic mass is 32.2. The summed E-state index contributed by atoms with van der Waals surface area (Å²) in [6.45, 7) is 0.0235. The van der Waals surface area contributed by atoms with E-state index in [4.69, 9.17) is 11.5 Å². The maximum absolute atomic E-state index is 12.6. The molecule has 0 spiro atoms. The number of aliphatic carboxylic acids is 1. The molecule has 144 valence electrons. The lowest BCUT2D eigenvalue weighted by Crippen LogP contribution is -2.73. The van der Waals surface area contributed by atoms with Crippen LogP contribution in [0.25, 0.3) is 0 Å². The number of nitrogen functional groups attached to an aromatic ring is 1. The summed E-state index contributed by atoms with van der Waals surface area (Å²) in [6.07, 6.45) is 0. The van der Waals surface area contributed by atoms with Crippen LogP contribution in [-0.4, -0.2) is 70.0 Å². The van der Waals surface area contributed by atoms with Gasteiger partial charge >= 0.3 is 5.97 Å². The first-order valence-electron chi connectivity index (χ1n) is 7.64. The SMILES string of the molecule is CON=C(C(=O)NC1C(=O)N2C(C(=O)O)=C(CN)SCC12)c1csc(N)n1. The van der Waals surface area contributed by atoms with Gasteiger partial charge in [0, 0.05) is 22.6 Å². The van der Waals surface area contributed by atoms with Crippen molar-refractivity contribution in [2.45, 2.75) is 12.1 Å². The molecular formula is C14H16N6O5S2. The highest BCUT2D eigenvalue weighted by molar-refractivity contribution is 8.03. The van der Waals surface area contributed by atoms with Crippen LogP contribution in [0.5, 0.6) is 0 Å². The summed E-state index contributed by atoms with van der Waals surface area (Å²) in [7, 11) is 1.27. The summed E-state index contributed by atoms with van der Waals surface area (Å²) in [6, 6.07) is -1.37. The van der Waals surface area contributed by atoms with Gasteiger partial charge in [0.1, 0.15) is 24.5 Å². The number of nitrogens with zero attached hydrogens (tertiary/aromatic N) is 3. The molecule has 6 N–H and O–H groups in total. The van der Waals surface area contributed by atoms with Crippen molar-refractivity contribution in [2.24, 2.45) is 10.9 Å². The average molecular weight is 412 g/mol. The number of hydrogen-bond acceptors (Lipinski definition) is 10. The monoisotopic (exact) mass is 412 g/mol. The summed E-state index contributed by atoms with van der Waals surface area (Å²) in [5, 5.41) is 17.4. The number of thioether (sulfide) groups is 1. The molecular weight excluding hydrogens is 396 g/mol. The first-order valence-corrected chi connectivity index (χ1v) is 9.51. The summed E-state index contributed by atoms with van der Waals surface area (Å²) >= 11 is 2.39. The lowest BCUT2D eigenvalue weighted by Gasteiger charge is -2.49. The molecule has 1 aromatic heterocycles. The van der Waals surface area contributed by atoms with Gasteiger partial charge in [-0.1, -0.05) is 5.16 Å². The van der Waals surface area contributed by atoms with Gasteiger partial charge in [0.25, 0.3) is 11.8 Å². The molecule has 0 bridgehead atoms. The maximum Gasteiger partial charge on any atom is 0.353 e.